The van der Waals surface area contributed by atoms with E-state index in [0.29, 0.717) is 5.76 Å². The second-order valence-electron chi connectivity index (χ2n) is 3.88. The van der Waals surface area contributed by atoms with E-state index in [4.69, 9.17) is 4.42 Å². The lowest BCUT2D eigenvalue weighted by Gasteiger charge is -2.06. The average molecular weight is 287 g/mol. The molecular formula is C13H12F3NOS. The molecule has 0 radical (unpaired) electrons. The monoisotopic (exact) mass is 287 g/mol. The molecule has 0 amide bonds. The second-order valence-corrected chi connectivity index (χ2v) is 4.74. The van der Waals surface area contributed by atoms with Crippen LogP contribution in [0.1, 0.15) is 11.5 Å². The Morgan fingerprint density at radius 3 is 2.53 bits per heavy atom. The van der Waals surface area contributed by atoms with Crippen LogP contribution in [0.3, 0.4) is 0 Å². The minimum atomic E-state index is -1.48. The maximum absolute atomic E-state index is 13.4. The molecule has 0 spiro atoms. The Morgan fingerprint density at radius 1 is 1.05 bits per heavy atom. The summed E-state index contributed by atoms with van der Waals surface area (Å²) >= 11 is 1.62. The van der Waals surface area contributed by atoms with E-state index in [1.807, 2.05) is 12.3 Å². The molecule has 19 heavy (non-hydrogen) atoms. The zero-order valence-electron chi connectivity index (χ0n) is 10.2. The van der Waals surface area contributed by atoms with Crippen LogP contribution in [0.15, 0.2) is 28.7 Å². The van der Waals surface area contributed by atoms with Crippen molar-refractivity contribution in [1.29, 1.82) is 0 Å². The van der Waals surface area contributed by atoms with Gasteiger partial charge in [0.15, 0.2) is 17.5 Å². The quantitative estimate of drug-likeness (QED) is 0.835. The number of hydrogen-bond donors (Lipinski definition) is 1. The summed E-state index contributed by atoms with van der Waals surface area (Å²) < 4.78 is 44.6. The first kappa shape index (κ1) is 13.9. The molecule has 0 aliphatic carbocycles. The van der Waals surface area contributed by atoms with E-state index in [1.54, 1.807) is 17.8 Å². The zero-order valence-corrected chi connectivity index (χ0v) is 11.0. The molecule has 1 heterocycles. The molecule has 2 aromatic rings. The summed E-state index contributed by atoms with van der Waals surface area (Å²) in [6, 6.07) is 5.62. The standard InChI is InChI=1S/C13H12F3NOS/c1-19-7-9-3-2-8(18-9)6-17-11-5-4-10(14)12(15)13(11)16/h2-5,17H,6-7H2,1H3. The van der Waals surface area contributed by atoms with Gasteiger partial charge in [0.25, 0.3) is 0 Å². The molecule has 1 N–H and O–H groups in total. The van der Waals surface area contributed by atoms with Gasteiger partial charge in [0.05, 0.1) is 18.0 Å². The fourth-order valence-corrected chi connectivity index (χ4v) is 2.02. The molecular weight excluding hydrogens is 275 g/mol. The molecule has 0 unspecified atom stereocenters. The van der Waals surface area contributed by atoms with Gasteiger partial charge in [-0.2, -0.15) is 11.8 Å². The number of nitrogens with one attached hydrogen (secondary N) is 1. The van der Waals surface area contributed by atoms with Gasteiger partial charge in [-0.05, 0) is 30.5 Å². The predicted molar refractivity (Wildman–Crippen MR) is 69.6 cm³/mol. The van der Waals surface area contributed by atoms with Crippen molar-refractivity contribution in [1.82, 2.24) is 0 Å². The van der Waals surface area contributed by atoms with E-state index in [9.17, 15) is 13.2 Å². The van der Waals surface area contributed by atoms with Gasteiger partial charge in [0.2, 0.25) is 0 Å². The number of hydrogen-bond acceptors (Lipinski definition) is 3. The Kier molecular flexibility index (Phi) is 4.42. The highest BCUT2D eigenvalue weighted by molar-refractivity contribution is 7.97. The third-order valence-corrected chi connectivity index (χ3v) is 3.07. The zero-order chi connectivity index (χ0) is 13.8. The summed E-state index contributed by atoms with van der Waals surface area (Å²) in [6.07, 6.45) is 1.96. The van der Waals surface area contributed by atoms with E-state index in [0.717, 1.165) is 23.6 Å². The van der Waals surface area contributed by atoms with Crippen LogP contribution in [0.25, 0.3) is 0 Å². The van der Waals surface area contributed by atoms with Crippen molar-refractivity contribution in [3.8, 4) is 0 Å². The summed E-state index contributed by atoms with van der Waals surface area (Å²) in [6.45, 7) is 0.205. The summed E-state index contributed by atoms with van der Waals surface area (Å²) in [5.74, 6) is -1.74. The number of anilines is 1. The minimum Gasteiger partial charge on any atom is -0.463 e. The van der Waals surface area contributed by atoms with Gasteiger partial charge in [0.1, 0.15) is 11.5 Å². The molecule has 6 heteroatoms. The van der Waals surface area contributed by atoms with Crippen LogP contribution >= 0.6 is 11.8 Å². The normalized spacial score (nSPS) is 10.7. The first-order valence-corrected chi connectivity index (χ1v) is 6.95. The van der Waals surface area contributed by atoms with Crippen molar-refractivity contribution in [3.05, 3.63) is 53.2 Å². The Morgan fingerprint density at radius 2 is 1.79 bits per heavy atom. The SMILES string of the molecule is CSCc1ccc(CNc2ccc(F)c(F)c2F)o1. The van der Waals surface area contributed by atoms with Crippen LogP contribution in [0.2, 0.25) is 0 Å². The van der Waals surface area contributed by atoms with Crippen molar-refractivity contribution < 1.29 is 17.6 Å². The van der Waals surface area contributed by atoms with Gasteiger partial charge < -0.3 is 9.73 Å². The molecule has 1 aromatic heterocycles. The van der Waals surface area contributed by atoms with Crippen LogP contribution < -0.4 is 5.32 Å². The Balaban J connectivity index is 2.04. The Hall–Kier alpha value is -1.56. The van der Waals surface area contributed by atoms with Crippen molar-refractivity contribution in [2.75, 3.05) is 11.6 Å². The van der Waals surface area contributed by atoms with E-state index in [1.165, 1.54) is 0 Å². The van der Waals surface area contributed by atoms with E-state index in [-0.39, 0.29) is 12.2 Å². The lowest BCUT2D eigenvalue weighted by molar-refractivity contribution is 0.448. The topological polar surface area (TPSA) is 25.2 Å². The smallest absolute Gasteiger partial charge is 0.196 e. The van der Waals surface area contributed by atoms with Crippen LogP contribution in [-0.4, -0.2) is 6.26 Å². The molecule has 2 nitrogen and oxygen atoms in total. The Labute approximate surface area is 113 Å². The highest BCUT2D eigenvalue weighted by Gasteiger charge is 2.13. The van der Waals surface area contributed by atoms with Gasteiger partial charge in [-0.1, -0.05) is 0 Å². The van der Waals surface area contributed by atoms with E-state index < -0.39 is 17.5 Å². The molecule has 0 aliphatic rings. The Bertz CT molecular complexity index is 571. The lowest BCUT2D eigenvalue weighted by Crippen LogP contribution is -2.03. The number of rotatable bonds is 5. The summed E-state index contributed by atoms with van der Waals surface area (Å²) in [5, 5.41) is 2.67. The average Bonchev–Trinajstić information content (AvgIpc) is 2.83. The molecule has 0 saturated heterocycles. The van der Waals surface area contributed by atoms with Crippen LogP contribution in [0.4, 0.5) is 18.9 Å². The first-order valence-electron chi connectivity index (χ1n) is 5.55. The lowest BCUT2D eigenvalue weighted by atomic mass is 10.2. The maximum atomic E-state index is 13.4. The van der Waals surface area contributed by atoms with E-state index in [2.05, 4.69) is 5.32 Å². The van der Waals surface area contributed by atoms with Gasteiger partial charge in [-0.3, -0.25) is 0 Å². The molecule has 102 valence electrons. The summed E-state index contributed by atoms with van der Waals surface area (Å²) in [5.41, 5.74) is -0.0956. The van der Waals surface area contributed by atoms with Crippen LogP contribution in [-0.2, 0) is 12.3 Å². The number of halogens is 3. The highest BCUT2D eigenvalue weighted by Crippen LogP contribution is 2.21. The van der Waals surface area contributed by atoms with E-state index >= 15 is 0 Å². The highest BCUT2D eigenvalue weighted by atomic mass is 32.2. The van der Waals surface area contributed by atoms with Crippen molar-refractivity contribution in [3.63, 3.8) is 0 Å². The fourth-order valence-electron chi connectivity index (χ4n) is 1.58. The minimum absolute atomic E-state index is 0.0956. The van der Waals surface area contributed by atoms with Gasteiger partial charge >= 0.3 is 0 Å². The molecule has 0 aliphatic heterocycles. The largest absolute Gasteiger partial charge is 0.463 e. The summed E-state index contributed by atoms with van der Waals surface area (Å²) in [4.78, 5) is 0. The number of furan rings is 1. The van der Waals surface area contributed by atoms with Crippen molar-refractivity contribution in [2.45, 2.75) is 12.3 Å². The molecule has 0 fully saturated rings. The van der Waals surface area contributed by atoms with Gasteiger partial charge in [-0.25, -0.2) is 13.2 Å². The van der Waals surface area contributed by atoms with Crippen molar-refractivity contribution in [2.24, 2.45) is 0 Å². The van der Waals surface area contributed by atoms with Crippen LogP contribution in [0, 0.1) is 17.5 Å². The molecule has 0 saturated carbocycles. The molecule has 0 bridgehead atoms. The number of thioether (sulfide) groups is 1. The summed E-state index contributed by atoms with van der Waals surface area (Å²) in [7, 11) is 0. The van der Waals surface area contributed by atoms with Gasteiger partial charge in [-0.15, -0.1) is 0 Å². The third kappa shape index (κ3) is 3.26. The molecule has 1 aromatic carbocycles. The number of benzene rings is 1. The molecule has 0 atom stereocenters. The first-order chi connectivity index (χ1) is 9.11. The maximum Gasteiger partial charge on any atom is 0.196 e. The van der Waals surface area contributed by atoms with Gasteiger partial charge in [0, 0.05) is 0 Å². The second kappa shape index (κ2) is 6.06. The van der Waals surface area contributed by atoms with Crippen LogP contribution in [0.5, 0.6) is 0 Å². The molecule has 2 rings (SSSR count). The predicted octanol–water partition coefficient (Wildman–Crippen LogP) is 4.17. The third-order valence-electron chi connectivity index (χ3n) is 2.49. The fraction of sp³-hybridized carbons (Fsp3) is 0.231. The van der Waals surface area contributed by atoms with Crippen molar-refractivity contribution >= 4 is 17.4 Å².